The molecule has 3 aromatic carbocycles. The molecule has 2 amide bonds. The highest BCUT2D eigenvalue weighted by atomic mass is 35.5. The van der Waals surface area contributed by atoms with Crippen molar-refractivity contribution in [2.75, 3.05) is 10.6 Å². The molecule has 0 aromatic heterocycles. The van der Waals surface area contributed by atoms with Crippen LogP contribution in [0.1, 0.15) is 30.5 Å². The highest BCUT2D eigenvalue weighted by molar-refractivity contribution is 6.30. The number of allylic oxidation sites excluding steroid dienone is 2. The molecule has 36 heavy (non-hydrogen) atoms. The van der Waals surface area contributed by atoms with Crippen LogP contribution in [0, 0.1) is 0 Å². The van der Waals surface area contributed by atoms with Crippen molar-refractivity contribution in [3.05, 3.63) is 107 Å². The van der Waals surface area contributed by atoms with Crippen molar-refractivity contribution in [2.45, 2.75) is 32.5 Å². The van der Waals surface area contributed by atoms with Gasteiger partial charge in [-0.05, 0) is 66.9 Å². The lowest BCUT2D eigenvalue weighted by atomic mass is 9.97. The van der Waals surface area contributed by atoms with E-state index in [9.17, 15) is 14.7 Å². The van der Waals surface area contributed by atoms with E-state index in [0.717, 1.165) is 22.4 Å². The fourth-order valence-electron chi connectivity index (χ4n) is 3.92. The van der Waals surface area contributed by atoms with E-state index in [1.54, 1.807) is 24.3 Å². The van der Waals surface area contributed by atoms with Crippen LogP contribution in [0.4, 0.5) is 11.4 Å². The van der Waals surface area contributed by atoms with Gasteiger partial charge in [-0.1, -0.05) is 54.1 Å². The number of ether oxygens (including phenoxy) is 1. The second kappa shape index (κ2) is 11.2. The molecule has 1 aliphatic rings. The minimum atomic E-state index is -1.15. The van der Waals surface area contributed by atoms with Gasteiger partial charge in [0.2, 0.25) is 5.91 Å². The van der Waals surface area contributed by atoms with Gasteiger partial charge in [0.15, 0.2) is 0 Å². The first kappa shape index (κ1) is 25.2. The number of halogens is 1. The largest absolute Gasteiger partial charge is 0.491 e. The smallest absolute Gasteiger partial charge is 0.253 e. The van der Waals surface area contributed by atoms with Crippen LogP contribution < -0.4 is 15.4 Å². The van der Waals surface area contributed by atoms with Crippen molar-refractivity contribution in [1.29, 1.82) is 0 Å². The molecule has 1 heterocycles. The molecule has 3 N–H and O–H groups in total. The zero-order valence-electron chi connectivity index (χ0n) is 20.0. The van der Waals surface area contributed by atoms with E-state index in [0.29, 0.717) is 22.0 Å². The summed E-state index contributed by atoms with van der Waals surface area (Å²) in [6.07, 6.45) is 4.06. The minimum Gasteiger partial charge on any atom is -0.491 e. The van der Waals surface area contributed by atoms with Crippen LogP contribution in [0.3, 0.4) is 0 Å². The zero-order valence-corrected chi connectivity index (χ0v) is 20.8. The Morgan fingerprint density at radius 2 is 1.75 bits per heavy atom. The van der Waals surface area contributed by atoms with Gasteiger partial charge in [-0.2, -0.15) is 0 Å². The lowest BCUT2D eigenvalue weighted by molar-refractivity contribution is -0.124. The van der Waals surface area contributed by atoms with Crippen LogP contribution in [-0.2, 0) is 16.0 Å². The van der Waals surface area contributed by atoms with E-state index >= 15 is 0 Å². The predicted octanol–water partition coefficient (Wildman–Crippen LogP) is 5.61. The fourth-order valence-corrected chi connectivity index (χ4v) is 4.05. The maximum Gasteiger partial charge on any atom is 0.253 e. The summed E-state index contributed by atoms with van der Waals surface area (Å²) in [5, 5.41) is 16.0. The highest BCUT2D eigenvalue weighted by Gasteiger charge is 2.26. The van der Waals surface area contributed by atoms with Crippen LogP contribution in [0.2, 0.25) is 5.02 Å². The molecule has 0 spiro atoms. The number of fused-ring (bicyclic) bond motifs is 1. The van der Waals surface area contributed by atoms with Crippen LogP contribution >= 0.6 is 11.6 Å². The number of anilines is 2. The highest BCUT2D eigenvalue weighted by Crippen LogP contribution is 2.30. The standard InChI is InChI=1S/C29H27ClN2O4/c1-18(2)36-22-15-11-20(12-16-22)23(19-9-13-21(30)14-10-19)5-3-8-28(34)31-25-6-4-7-26-24(25)17-27(33)29(35)32-26/h3-16,18,27,33H,17H2,1-2H3,(H,31,34)(H,32,35)/b8-3+,23-5+. The fraction of sp³-hybridized carbons (Fsp3) is 0.172. The summed E-state index contributed by atoms with van der Waals surface area (Å²) in [6.45, 7) is 3.96. The van der Waals surface area contributed by atoms with E-state index in [-0.39, 0.29) is 18.4 Å². The molecule has 0 fully saturated rings. The maximum atomic E-state index is 12.7. The first-order valence-electron chi connectivity index (χ1n) is 11.6. The topological polar surface area (TPSA) is 87.7 Å². The van der Waals surface area contributed by atoms with Gasteiger partial charge in [0, 0.05) is 34.5 Å². The van der Waals surface area contributed by atoms with Crippen molar-refractivity contribution in [3.63, 3.8) is 0 Å². The molecule has 7 heteroatoms. The number of amides is 2. The molecule has 3 aromatic rings. The molecular weight excluding hydrogens is 476 g/mol. The Labute approximate surface area is 215 Å². The Morgan fingerprint density at radius 3 is 2.42 bits per heavy atom. The third kappa shape index (κ3) is 6.22. The van der Waals surface area contributed by atoms with Gasteiger partial charge >= 0.3 is 0 Å². The first-order valence-corrected chi connectivity index (χ1v) is 12.0. The summed E-state index contributed by atoms with van der Waals surface area (Å²) < 4.78 is 5.75. The molecule has 1 atom stereocenters. The summed E-state index contributed by atoms with van der Waals surface area (Å²) >= 11 is 6.08. The average Bonchev–Trinajstić information content (AvgIpc) is 2.84. The SMILES string of the molecule is CC(C)Oc1ccc(/C(=C/C=C/C(=O)Nc2cccc3c2CC(O)C(=O)N3)c2ccc(Cl)cc2)cc1. The van der Waals surface area contributed by atoms with Gasteiger partial charge in [-0.15, -0.1) is 0 Å². The van der Waals surface area contributed by atoms with Gasteiger partial charge < -0.3 is 20.5 Å². The normalized spacial score (nSPS) is 15.5. The van der Waals surface area contributed by atoms with E-state index in [1.165, 1.54) is 6.08 Å². The van der Waals surface area contributed by atoms with Gasteiger partial charge in [0.25, 0.3) is 5.91 Å². The number of hydrogen-bond acceptors (Lipinski definition) is 4. The van der Waals surface area contributed by atoms with Crippen LogP contribution in [-0.4, -0.2) is 29.1 Å². The molecular formula is C29H27ClN2O4. The van der Waals surface area contributed by atoms with Gasteiger partial charge in [-0.3, -0.25) is 9.59 Å². The van der Waals surface area contributed by atoms with Crippen LogP contribution in [0.15, 0.2) is 85.0 Å². The van der Waals surface area contributed by atoms with E-state index in [4.69, 9.17) is 16.3 Å². The summed E-state index contributed by atoms with van der Waals surface area (Å²) in [6, 6.07) is 20.5. The van der Waals surface area contributed by atoms with Crippen LogP contribution in [0.25, 0.3) is 5.57 Å². The van der Waals surface area contributed by atoms with Gasteiger partial charge in [0.05, 0.1) is 6.10 Å². The molecule has 1 aliphatic heterocycles. The summed E-state index contributed by atoms with van der Waals surface area (Å²) in [5.74, 6) is 0.00310. The number of benzene rings is 3. The number of hydrogen-bond donors (Lipinski definition) is 3. The molecule has 184 valence electrons. The van der Waals surface area contributed by atoms with Crippen molar-refractivity contribution in [2.24, 2.45) is 0 Å². The van der Waals surface area contributed by atoms with Crippen molar-refractivity contribution >= 4 is 40.4 Å². The Morgan fingerprint density at radius 1 is 1.08 bits per heavy atom. The first-order chi connectivity index (χ1) is 17.3. The van der Waals surface area contributed by atoms with E-state index < -0.39 is 12.0 Å². The summed E-state index contributed by atoms with van der Waals surface area (Å²) in [4.78, 5) is 24.4. The molecule has 0 aliphatic carbocycles. The Kier molecular flexibility index (Phi) is 7.88. The average molecular weight is 503 g/mol. The molecule has 0 bridgehead atoms. The number of nitrogens with one attached hydrogen (secondary N) is 2. The number of aliphatic hydroxyl groups is 1. The molecule has 6 nitrogen and oxygen atoms in total. The molecule has 0 saturated heterocycles. The number of rotatable bonds is 7. The molecule has 0 radical (unpaired) electrons. The van der Waals surface area contributed by atoms with Crippen molar-refractivity contribution in [3.8, 4) is 5.75 Å². The van der Waals surface area contributed by atoms with E-state index in [1.807, 2.05) is 68.5 Å². The van der Waals surface area contributed by atoms with Crippen LogP contribution in [0.5, 0.6) is 5.75 Å². The quantitative estimate of drug-likeness (QED) is 0.289. The second-order valence-electron chi connectivity index (χ2n) is 8.67. The summed E-state index contributed by atoms with van der Waals surface area (Å²) in [7, 11) is 0. The number of aliphatic hydroxyl groups excluding tert-OH is 1. The summed E-state index contributed by atoms with van der Waals surface area (Å²) in [5.41, 5.74) is 4.64. The Bertz CT molecular complexity index is 1310. The Hall–Kier alpha value is -3.87. The van der Waals surface area contributed by atoms with Crippen molar-refractivity contribution < 1.29 is 19.4 Å². The monoisotopic (exact) mass is 502 g/mol. The van der Waals surface area contributed by atoms with Gasteiger partial charge in [0.1, 0.15) is 11.9 Å². The third-order valence-electron chi connectivity index (χ3n) is 5.59. The zero-order chi connectivity index (χ0) is 25.7. The van der Waals surface area contributed by atoms with Crippen molar-refractivity contribution in [1.82, 2.24) is 0 Å². The number of carbonyl (C=O) groups is 2. The second-order valence-corrected chi connectivity index (χ2v) is 9.10. The predicted molar refractivity (Wildman–Crippen MR) is 143 cm³/mol. The number of carbonyl (C=O) groups excluding carboxylic acids is 2. The lowest BCUT2D eigenvalue weighted by Gasteiger charge is -2.23. The maximum absolute atomic E-state index is 12.7. The van der Waals surface area contributed by atoms with E-state index in [2.05, 4.69) is 10.6 Å². The lowest BCUT2D eigenvalue weighted by Crippen LogP contribution is -2.34. The minimum absolute atomic E-state index is 0.0818. The molecule has 1 unspecified atom stereocenters. The third-order valence-corrected chi connectivity index (χ3v) is 5.85. The molecule has 4 rings (SSSR count). The van der Waals surface area contributed by atoms with Gasteiger partial charge in [-0.25, -0.2) is 0 Å². The molecule has 0 saturated carbocycles. The Balaban J connectivity index is 1.56.